The third-order valence-corrected chi connectivity index (χ3v) is 2.08. The summed E-state index contributed by atoms with van der Waals surface area (Å²) >= 11 is 1.67. The summed E-state index contributed by atoms with van der Waals surface area (Å²) < 4.78 is 0. The molecule has 0 aromatic carbocycles. The van der Waals surface area contributed by atoms with Gasteiger partial charge in [0.15, 0.2) is 0 Å². The van der Waals surface area contributed by atoms with Crippen molar-refractivity contribution in [2.45, 2.75) is 5.03 Å². The topological polar surface area (TPSA) is 51.8 Å². The third-order valence-electron chi connectivity index (χ3n) is 1.19. The normalized spacial score (nSPS) is 10.8. The predicted octanol–water partition coefficient (Wildman–Crippen LogP) is 1.08. The second kappa shape index (κ2) is 5.74. The van der Waals surface area contributed by atoms with Crippen LogP contribution in [-0.4, -0.2) is 22.3 Å². The summed E-state index contributed by atoms with van der Waals surface area (Å²) in [5, 5.41) is 0.992. The molecule has 1 aromatic heterocycles. The maximum atomic E-state index is 5.29. The Hall–Kier alpha value is -0.870. The molecule has 3 nitrogen and oxygen atoms in total. The van der Waals surface area contributed by atoms with Crippen LogP contribution in [0, 0.1) is 0 Å². The van der Waals surface area contributed by atoms with Crippen LogP contribution >= 0.6 is 11.8 Å². The molecule has 0 aliphatic carbocycles. The lowest BCUT2D eigenvalue weighted by atomic mass is 10.5. The second-order valence-electron chi connectivity index (χ2n) is 2.07. The third kappa shape index (κ3) is 3.50. The Bertz CT molecular complexity index is 235. The first-order valence-corrected chi connectivity index (χ1v) is 4.66. The molecule has 0 saturated carbocycles. The lowest BCUT2D eigenvalue weighted by Gasteiger charge is -1.93. The second-order valence-corrected chi connectivity index (χ2v) is 3.11. The van der Waals surface area contributed by atoms with E-state index in [2.05, 4.69) is 9.97 Å². The Kier molecular flexibility index (Phi) is 4.41. The summed E-state index contributed by atoms with van der Waals surface area (Å²) in [5.74, 6) is 0.911. The van der Waals surface area contributed by atoms with Gasteiger partial charge in [0.2, 0.25) is 0 Å². The SMILES string of the molecule is NCC=CCSc1ccncn1. The molecule has 1 heterocycles. The van der Waals surface area contributed by atoms with E-state index in [0.29, 0.717) is 6.54 Å². The lowest BCUT2D eigenvalue weighted by Crippen LogP contribution is -1.92. The van der Waals surface area contributed by atoms with Gasteiger partial charge in [-0.1, -0.05) is 12.2 Å². The zero-order chi connectivity index (χ0) is 8.65. The van der Waals surface area contributed by atoms with Crippen molar-refractivity contribution < 1.29 is 0 Å². The van der Waals surface area contributed by atoms with Crippen LogP contribution in [0.4, 0.5) is 0 Å². The minimum absolute atomic E-state index is 0.602. The van der Waals surface area contributed by atoms with Gasteiger partial charge >= 0.3 is 0 Å². The van der Waals surface area contributed by atoms with Crippen molar-refractivity contribution in [2.75, 3.05) is 12.3 Å². The Morgan fingerprint density at radius 2 is 2.42 bits per heavy atom. The number of aromatic nitrogens is 2. The van der Waals surface area contributed by atoms with Crippen molar-refractivity contribution in [1.82, 2.24) is 9.97 Å². The Labute approximate surface area is 76.1 Å². The van der Waals surface area contributed by atoms with E-state index in [1.807, 2.05) is 18.2 Å². The minimum Gasteiger partial charge on any atom is -0.327 e. The van der Waals surface area contributed by atoms with Gasteiger partial charge in [-0.15, -0.1) is 11.8 Å². The smallest absolute Gasteiger partial charge is 0.116 e. The van der Waals surface area contributed by atoms with Crippen LogP contribution in [0.25, 0.3) is 0 Å². The molecule has 0 aliphatic heterocycles. The van der Waals surface area contributed by atoms with Crippen LogP contribution < -0.4 is 5.73 Å². The Morgan fingerprint density at radius 3 is 3.08 bits per heavy atom. The molecule has 4 heteroatoms. The molecule has 0 amide bonds. The van der Waals surface area contributed by atoms with E-state index in [9.17, 15) is 0 Å². The molecule has 0 saturated heterocycles. The summed E-state index contributed by atoms with van der Waals surface area (Å²) in [6, 6.07) is 1.89. The van der Waals surface area contributed by atoms with Gasteiger partial charge in [-0.05, 0) is 6.07 Å². The van der Waals surface area contributed by atoms with E-state index in [1.54, 1.807) is 24.3 Å². The van der Waals surface area contributed by atoms with Gasteiger partial charge in [-0.2, -0.15) is 0 Å². The summed E-state index contributed by atoms with van der Waals surface area (Å²) in [5.41, 5.74) is 5.29. The van der Waals surface area contributed by atoms with Gasteiger partial charge in [0.1, 0.15) is 6.33 Å². The highest BCUT2D eigenvalue weighted by Gasteiger charge is 1.89. The summed E-state index contributed by atoms with van der Waals surface area (Å²) in [4.78, 5) is 7.89. The monoisotopic (exact) mass is 181 g/mol. The standard InChI is InChI=1S/C8H11N3S/c9-4-1-2-6-12-8-3-5-10-7-11-8/h1-3,5,7H,4,6,9H2. The Balaban J connectivity index is 2.29. The largest absolute Gasteiger partial charge is 0.327 e. The average molecular weight is 181 g/mol. The van der Waals surface area contributed by atoms with Crippen LogP contribution in [0.1, 0.15) is 0 Å². The average Bonchev–Trinajstić information content (AvgIpc) is 2.14. The molecule has 0 aliphatic rings. The molecule has 1 aromatic rings. The van der Waals surface area contributed by atoms with Gasteiger partial charge < -0.3 is 5.73 Å². The Morgan fingerprint density at radius 1 is 1.50 bits per heavy atom. The first-order chi connectivity index (χ1) is 5.93. The highest BCUT2D eigenvalue weighted by atomic mass is 32.2. The van der Waals surface area contributed by atoms with E-state index in [-0.39, 0.29) is 0 Å². The van der Waals surface area contributed by atoms with Crippen molar-refractivity contribution in [2.24, 2.45) is 5.73 Å². The molecular formula is C8H11N3S. The number of hydrogen-bond acceptors (Lipinski definition) is 4. The molecule has 1 rings (SSSR count). The lowest BCUT2D eigenvalue weighted by molar-refractivity contribution is 1.05. The number of hydrogen-bond donors (Lipinski definition) is 1. The maximum Gasteiger partial charge on any atom is 0.116 e. The van der Waals surface area contributed by atoms with E-state index in [1.165, 1.54) is 0 Å². The first kappa shape index (κ1) is 9.22. The molecule has 0 unspecified atom stereocenters. The van der Waals surface area contributed by atoms with Gasteiger partial charge in [-0.3, -0.25) is 0 Å². The molecular weight excluding hydrogens is 170 g/mol. The molecule has 0 spiro atoms. The molecule has 64 valence electrons. The van der Waals surface area contributed by atoms with Gasteiger partial charge in [-0.25, -0.2) is 9.97 Å². The van der Waals surface area contributed by atoms with Crippen molar-refractivity contribution >= 4 is 11.8 Å². The minimum atomic E-state index is 0.602. The first-order valence-electron chi connectivity index (χ1n) is 3.67. The van der Waals surface area contributed by atoms with E-state index in [4.69, 9.17) is 5.73 Å². The number of nitrogens with two attached hydrogens (primary N) is 1. The molecule has 0 radical (unpaired) electrons. The van der Waals surface area contributed by atoms with E-state index >= 15 is 0 Å². The number of nitrogens with zero attached hydrogens (tertiary/aromatic N) is 2. The quantitative estimate of drug-likeness (QED) is 0.429. The summed E-state index contributed by atoms with van der Waals surface area (Å²) in [7, 11) is 0. The summed E-state index contributed by atoms with van der Waals surface area (Å²) in [6.07, 6.45) is 7.26. The van der Waals surface area contributed by atoms with Gasteiger partial charge in [0, 0.05) is 18.5 Å². The molecule has 0 atom stereocenters. The molecule has 12 heavy (non-hydrogen) atoms. The van der Waals surface area contributed by atoms with E-state index < -0.39 is 0 Å². The van der Waals surface area contributed by atoms with Crippen molar-refractivity contribution in [1.29, 1.82) is 0 Å². The molecule has 2 N–H and O–H groups in total. The van der Waals surface area contributed by atoms with E-state index in [0.717, 1.165) is 10.8 Å². The van der Waals surface area contributed by atoms with Gasteiger partial charge in [0.05, 0.1) is 5.03 Å². The molecule has 0 fully saturated rings. The zero-order valence-corrected chi connectivity index (χ0v) is 7.50. The van der Waals surface area contributed by atoms with Crippen LogP contribution in [0.15, 0.2) is 35.8 Å². The number of thioether (sulfide) groups is 1. The molecule has 0 bridgehead atoms. The van der Waals surface area contributed by atoms with Crippen LogP contribution in [-0.2, 0) is 0 Å². The fourth-order valence-corrected chi connectivity index (χ4v) is 1.34. The van der Waals surface area contributed by atoms with Crippen LogP contribution in [0.3, 0.4) is 0 Å². The number of rotatable bonds is 4. The predicted molar refractivity (Wildman–Crippen MR) is 51.0 cm³/mol. The highest BCUT2D eigenvalue weighted by molar-refractivity contribution is 7.99. The zero-order valence-electron chi connectivity index (χ0n) is 6.68. The maximum absolute atomic E-state index is 5.29. The van der Waals surface area contributed by atoms with Crippen LogP contribution in [0.2, 0.25) is 0 Å². The van der Waals surface area contributed by atoms with Crippen LogP contribution in [0.5, 0.6) is 0 Å². The van der Waals surface area contributed by atoms with Crippen molar-refractivity contribution in [3.8, 4) is 0 Å². The van der Waals surface area contributed by atoms with Crippen molar-refractivity contribution in [3.05, 3.63) is 30.7 Å². The highest BCUT2D eigenvalue weighted by Crippen LogP contribution is 2.12. The van der Waals surface area contributed by atoms with Gasteiger partial charge in [0.25, 0.3) is 0 Å². The van der Waals surface area contributed by atoms with Crippen molar-refractivity contribution in [3.63, 3.8) is 0 Å². The fourth-order valence-electron chi connectivity index (χ4n) is 0.662. The fraction of sp³-hybridized carbons (Fsp3) is 0.250. The summed E-state index contributed by atoms with van der Waals surface area (Å²) in [6.45, 7) is 0.602.